The third-order valence-electron chi connectivity index (χ3n) is 2.76. The maximum Gasteiger partial charge on any atom is 1.00 e. The van der Waals surface area contributed by atoms with Crippen LogP contribution in [0.1, 0.15) is 51.9 Å². The summed E-state index contributed by atoms with van der Waals surface area (Å²) in [4.78, 5) is 8.25. The second kappa shape index (κ2) is 23.2. The molecule has 0 unspecified atom stereocenters. The van der Waals surface area contributed by atoms with Crippen molar-refractivity contribution in [2.24, 2.45) is 0 Å². The predicted molar refractivity (Wildman–Crippen MR) is 91.5 cm³/mol. The van der Waals surface area contributed by atoms with E-state index in [-0.39, 0.29) is 29.6 Å². The van der Waals surface area contributed by atoms with E-state index in [1.165, 1.54) is 44.9 Å². The van der Waals surface area contributed by atoms with Crippen LogP contribution < -0.4 is 34.3 Å². The third-order valence-corrected chi connectivity index (χ3v) is 2.76. The summed E-state index contributed by atoms with van der Waals surface area (Å²) in [7, 11) is 0. The van der Waals surface area contributed by atoms with Gasteiger partial charge in [-0.05, 0) is 18.6 Å². The third kappa shape index (κ3) is 26.2. The molecule has 0 aliphatic heterocycles. The number of rotatable bonds is 9. The smallest absolute Gasteiger partial charge is 0.494 e. The van der Waals surface area contributed by atoms with Gasteiger partial charge in [0.05, 0.1) is 11.7 Å². The molecule has 0 aliphatic rings. The van der Waals surface area contributed by atoms with Gasteiger partial charge in [-0.25, -0.2) is 0 Å². The average Bonchev–Trinajstić information content (AvgIpc) is 2.52. The van der Waals surface area contributed by atoms with Crippen LogP contribution in [0.25, 0.3) is 0 Å². The molecule has 5 nitrogen and oxygen atoms in total. The minimum absolute atomic E-state index is 0. The topological polar surface area (TPSA) is 75.4 Å². The maximum absolute atomic E-state index is 8.25. The first-order valence-corrected chi connectivity index (χ1v) is 7.66. The first-order chi connectivity index (χ1) is 10.7. The number of hydrogen-bond acceptors (Lipinski definition) is 4. The summed E-state index contributed by atoms with van der Waals surface area (Å²) in [5.74, 6) is 0.994. The molecule has 0 spiro atoms. The van der Waals surface area contributed by atoms with Crippen molar-refractivity contribution in [3.05, 3.63) is 58.8 Å². The van der Waals surface area contributed by atoms with E-state index in [0.717, 1.165) is 12.4 Å². The van der Waals surface area contributed by atoms with Crippen molar-refractivity contribution < 1.29 is 39.4 Å². The van der Waals surface area contributed by atoms with Gasteiger partial charge in [0, 0.05) is 0 Å². The molecular formula is C17H28NNaO4. The van der Waals surface area contributed by atoms with Crippen LogP contribution in [0.3, 0.4) is 0 Å². The molecular weight excluding hydrogens is 305 g/mol. The largest absolute Gasteiger partial charge is 1.00 e. The summed E-state index contributed by atoms with van der Waals surface area (Å²) in [6, 6.07) is 10.1. The van der Waals surface area contributed by atoms with Crippen LogP contribution >= 0.6 is 0 Å². The van der Waals surface area contributed by atoms with Crippen LogP contribution in [0.15, 0.2) is 43.5 Å². The molecule has 6 heteroatoms. The standard InChI is InChI=1S/C15H24O.C2H4.NO3.Na/c1-2-3-4-5-6-7-11-14-16-15-12-9-8-10-13-15;1-2;2-1(3)4;/h8-10,12-13H,2-7,11,14H2,1H3;1-2H2;;/q;;-1;+1. The zero-order valence-corrected chi connectivity index (χ0v) is 16.5. The van der Waals surface area contributed by atoms with Gasteiger partial charge in [-0.1, -0.05) is 63.6 Å². The van der Waals surface area contributed by atoms with Gasteiger partial charge in [0.2, 0.25) is 0 Å². The van der Waals surface area contributed by atoms with Crippen LogP contribution in [0, 0.1) is 15.3 Å². The Morgan fingerprint density at radius 2 is 1.39 bits per heavy atom. The second-order valence-corrected chi connectivity index (χ2v) is 4.51. The van der Waals surface area contributed by atoms with Crippen molar-refractivity contribution in [1.82, 2.24) is 0 Å². The minimum Gasteiger partial charge on any atom is -0.494 e. The summed E-state index contributed by atoms with van der Waals surface area (Å²) in [6.07, 6.45) is 9.35. The molecule has 0 bridgehead atoms. The van der Waals surface area contributed by atoms with E-state index < -0.39 is 5.09 Å². The normalized spacial score (nSPS) is 8.39. The van der Waals surface area contributed by atoms with Gasteiger partial charge in [-0.2, -0.15) is 0 Å². The summed E-state index contributed by atoms with van der Waals surface area (Å²) in [5.41, 5.74) is 0. The molecule has 0 radical (unpaired) electrons. The monoisotopic (exact) mass is 333 g/mol. The molecule has 0 saturated carbocycles. The predicted octanol–water partition coefficient (Wildman–Crippen LogP) is 2.38. The molecule has 23 heavy (non-hydrogen) atoms. The molecule has 126 valence electrons. The number of benzene rings is 1. The van der Waals surface area contributed by atoms with E-state index in [1.807, 2.05) is 30.3 Å². The molecule has 0 N–H and O–H groups in total. The zero-order chi connectivity index (χ0) is 17.1. The zero-order valence-electron chi connectivity index (χ0n) is 14.5. The van der Waals surface area contributed by atoms with Crippen molar-refractivity contribution in [3.63, 3.8) is 0 Å². The van der Waals surface area contributed by atoms with Crippen molar-refractivity contribution in [2.45, 2.75) is 51.9 Å². The van der Waals surface area contributed by atoms with Gasteiger partial charge in [0.15, 0.2) is 0 Å². The number of unbranched alkanes of at least 4 members (excludes halogenated alkanes) is 6. The van der Waals surface area contributed by atoms with Gasteiger partial charge in [0.25, 0.3) is 0 Å². The number of ether oxygens (including phenoxy) is 1. The Labute approximate surface area is 162 Å². The van der Waals surface area contributed by atoms with Crippen LogP contribution in [0.2, 0.25) is 0 Å². The molecule has 1 rings (SSSR count). The average molecular weight is 333 g/mol. The summed E-state index contributed by atoms with van der Waals surface area (Å²) in [5, 5.41) is 14.8. The Kier molecular flexibility index (Phi) is 27.1. The second-order valence-electron chi connectivity index (χ2n) is 4.51. The molecule has 0 saturated heterocycles. The first kappa shape index (κ1) is 26.8. The molecule has 1 aromatic rings. The quantitative estimate of drug-likeness (QED) is 0.229. The van der Waals surface area contributed by atoms with Crippen LogP contribution in [-0.2, 0) is 0 Å². The van der Waals surface area contributed by atoms with Gasteiger partial charge in [0.1, 0.15) is 5.75 Å². The van der Waals surface area contributed by atoms with E-state index in [1.54, 1.807) is 0 Å². The fourth-order valence-corrected chi connectivity index (χ4v) is 1.77. The van der Waals surface area contributed by atoms with Crippen LogP contribution in [0.5, 0.6) is 5.75 Å². The minimum atomic E-state index is -1.75. The molecule has 0 aromatic heterocycles. The fourth-order valence-electron chi connectivity index (χ4n) is 1.77. The molecule has 0 amide bonds. The van der Waals surface area contributed by atoms with Gasteiger partial charge >= 0.3 is 29.6 Å². The van der Waals surface area contributed by atoms with E-state index >= 15 is 0 Å². The summed E-state index contributed by atoms with van der Waals surface area (Å²) in [6.45, 7) is 9.12. The first-order valence-electron chi connectivity index (χ1n) is 7.66. The Morgan fingerprint density at radius 1 is 0.957 bits per heavy atom. The molecule has 0 aliphatic carbocycles. The van der Waals surface area contributed by atoms with E-state index in [4.69, 9.17) is 20.1 Å². The van der Waals surface area contributed by atoms with Gasteiger partial charge in [-0.15, -0.1) is 13.2 Å². The van der Waals surface area contributed by atoms with Crippen molar-refractivity contribution in [3.8, 4) is 5.75 Å². The summed E-state index contributed by atoms with van der Waals surface area (Å²) >= 11 is 0. The van der Waals surface area contributed by atoms with Crippen LogP contribution in [-0.4, -0.2) is 11.7 Å². The Morgan fingerprint density at radius 3 is 1.87 bits per heavy atom. The SMILES string of the molecule is C=C.CCCCCCCCCOc1ccccc1.O=[N+]([O-])[O-].[Na+]. The molecule has 1 aromatic carbocycles. The Bertz CT molecular complexity index is 346. The van der Waals surface area contributed by atoms with Gasteiger partial charge < -0.3 is 20.1 Å². The molecule has 0 fully saturated rings. The van der Waals surface area contributed by atoms with E-state index in [9.17, 15) is 0 Å². The van der Waals surface area contributed by atoms with Crippen molar-refractivity contribution in [2.75, 3.05) is 6.61 Å². The van der Waals surface area contributed by atoms with E-state index in [2.05, 4.69) is 20.1 Å². The van der Waals surface area contributed by atoms with E-state index in [0.29, 0.717) is 0 Å². The summed E-state index contributed by atoms with van der Waals surface area (Å²) < 4.78 is 5.63. The Balaban J connectivity index is -0.000000498. The Hall–Kier alpha value is -1.04. The number of para-hydroxylation sites is 1. The fraction of sp³-hybridized carbons (Fsp3) is 0.529. The van der Waals surface area contributed by atoms with Crippen molar-refractivity contribution >= 4 is 0 Å². The van der Waals surface area contributed by atoms with Crippen molar-refractivity contribution in [1.29, 1.82) is 0 Å². The maximum atomic E-state index is 8.25. The molecule has 0 atom stereocenters. The number of hydrogen-bond donors (Lipinski definition) is 0. The van der Waals surface area contributed by atoms with Crippen LogP contribution in [0.4, 0.5) is 0 Å². The molecule has 0 heterocycles. The number of nitrogens with zero attached hydrogens (tertiary/aromatic N) is 1. The van der Waals surface area contributed by atoms with Gasteiger partial charge in [-0.3, -0.25) is 0 Å².